The van der Waals surface area contributed by atoms with Gasteiger partial charge in [-0.05, 0) is 117 Å². The molecule has 3 heteroatoms. The molecule has 0 amide bonds. The van der Waals surface area contributed by atoms with E-state index in [-0.39, 0.29) is 11.6 Å². The van der Waals surface area contributed by atoms with Crippen molar-refractivity contribution in [3.8, 4) is 0 Å². The number of carbonyl (C=O) groups is 1. The first kappa shape index (κ1) is 21.7. The van der Waals surface area contributed by atoms with Gasteiger partial charge in [-0.1, -0.05) is 20.8 Å². The van der Waals surface area contributed by atoms with Crippen LogP contribution in [0, 0.1) is 46.8 Å². The molecule has 29 heavy (non-hydrogen) atoms. The van der Waals surface area contributed by atoms with Crippen molar-refractivity contribution in [2.45, 2.75) is 103 Å². The number of fused-ring (bicyclic) bond motifs is 5. The number of aliphatic hydroxyl groups is 1. The highest BCUT2D eigenvalue weighted by Crippen LogP contribution is 2.66. The second-order valence-electron chi connectivity index (χ2n) is 11.6. The summed E-state index contributed by atoms with van der Waals surface area (Å²) in [5, 5.41) is 10.9. The highest BCUT2D eigenvalue weighted by Gasteiger charge is 2.58. The minimum atomic E-state index is -0.370. The lowest BCUT2D eigenvalue weighted by atomic mass is 9.48. The summed E-state index contributed by atoms with van der Waals surface area (Å²) in [7, 11) is 1.50. The van der Waals surface area contributed by atoms with E-state index in [1.165, 1.54) is 52.1 Å². The minimum absolute atomic E-state index is 0.0529. The molecule has 4 fully saturated rings. The van der Waals surface area contributed by atoms with Crippen molar-refractivity contribution in [1.29, 1.82) is 0 Å². The molecule has 0 aromatic heterocycles. The molecule has 0 aliphatic heterocycles. The molecule has 9 atom stereocenters. The predicted octanol–water partition coefficient (Wildman–Crippen LogP) is 5.99. The van der Waals surface area contributed by atoms with Gasteiger partial charge in [-0.15, -0.1) is 0 Å². The van der Waals surface area contributed by atoms with Crippen LogP contribution in [0.15, 0.2) is 0 Å². The standard InChI is InChI=1S/C26H44O3/c1-5-26(28)15-13-19-18(16-26)7-8-21-20(19)12-14-25(3)22(9-10-23(21)25)17(2)6-11-24(27)29-4/h17-23,28H,5-16H2,1-4H3/t17-,18+,19?,20-,21?,22-,23+,25?,26+/m1/s1. The molecule has 3 unspecified atom stereocenters. The third kappa shape index (κ3) is 3.79. The van der Waals surface area contributed by atoms with Gasteiger partial charge in [0.2, 0.25) is 0 Å². The maximum Gasteiger partial charge on any atom is 0.305 e. The molecule has 4 aliphatic carbocycles. The van der Waals surface area contributed by atoms with E-state index in [0.29, 0.717) is 17.8 Å². The van der Waals surface area contributed by atoms with Gasteiger partial charge in [-0.3, -0.25) is 4.79 Å². The van der Waals surface area contributed by atoms with Crippen molar-refractivity contribution in [2.24, 2.45) is 46.8 Å². The molecule has 166 valence electrons. The molecule has 0 aromatic carbocycles. The zero-order valence-corrected chi connectivity index (χ0v) is 19.3. The van der Waals surface area contributed by atoms with Crippen molar-refractivity contribution >= 4 is 5.97 Å². The largest absolute Gasteiger partial charge is 0.469 e. The fourth-order valence-corrected chi connectivity index (χ4v) is 8.91. The van der Waals surface area contributed by atoms with E-state index in [9.17, 15) is 9.90 Å². The Morgan fingerprint density at radius 3 is 2.55 bits per heavy atom. The number of ether oxygens (including phenoxy) is 1. The highest BCUT2D eigenvalue weighted by atomic mass is 16.5. The summed E-state index contributed by atoms with van der Waals surface area (Å²) in [5.74, 6) is 5.70. The summed E-state index contributed by atoms with van der Waals surface area (Å²) in [4.78, 5) is 11.6. The van der Waals surface area contributed by atoms with E-state index in [1.54, 1.807) is 0 Å². The number of hydrogen-bond donors (Lipinski definition) is 1. The van der Waals surface area contributed by atoms with E-state index in [1.807, 2.05) is 0 Å². The van der Waals surface area contributed by atoms with Crippen molar-refractivity contribution in [3.05, 3.63) is 0 Å². The predicted molar refractivity (Wildman–Crippen MR) is 116 cm³/mol. The lowest BCUT2D eigenvalue weighted by Gasteiger charge is -2.57. The van der Waals surface area contributed by atoms with Crippen LogP contribution in [-0.2, 0) is 9.53 Å². The molecule has 0 bridgehead atoms. The molecule has 0 heterocycles. The van der Waals surface area contributed by atoms with Gasteiger partial charge in [-0.2, -0.15) is 0 Å². The second kappa shape index (κ2) is 8.17. The van der Waals surface area contributed by atoms with Gasteiger partial charge in [0.25, 0.3) is 0 Å². The van der Waals surface area contributed by atoms with Crippen molar-refractivity contribution in [3.63, 3.8) is 0 Å². The maximum atomic E-state index is 11.6. The van der Waals surface area contributed by atoms with E-state index in [4.69, 9.17) is 4.74 Å². The summed E-state index contributed by atoms with van der Waals surface area (Å²) in [5.41, 5.74) is 0.104. The average molecular weight is 405 g/mol. The SMILES string of the molecule is CC[C@]1(O)CCC2[C@@H](CCC3[C@@H]2CCC2(C)[C@@H]([C@H](C)CCC(=O)OC)CC[C@@H]32)C1. The summed E-state index contributed by atoms with van der Waals surface area (Å²) < 4.78 is 4.88. The van der Waals surface area contributed by atoms with Gasteiger partial charge in [0.1, 0.15) is 0 Å². The van der Waals surface area contributed by atoms with Gasteiger partial charge >= 0.3 is 5.97 Å². The second-order valence-corrected chi connectivity index (χ2v) is 11.6. The van der Waals surface area contributed by atoms with Gasteiger partial charge in [0, 0.05) is 6.42 Å². The van der Waals surface area contributed by atoms with Gasteiger partial charge < -0.3 is 9.84 Å². The maximum absolute atomic E-state index is 11.6. The Balaban J connectivity index is 1.43. The summed E-state index contributed by atoms with van der Waals surface area (Å²) in [6.45, 7) is 7.15. The van der Waals surface area contributed by atoms with E-state index in [2.05, 4.69) is 20.8 Å². The lowest BCUT2D eigenvalue weighted by Crippen LogP contribution is -2.51. The molecule has 0 saturated heterocycles. The first-order chi connectivity index (χ1) is 13.8. The molecule has 0 spiro atoms. The third-order valence-corrected chi connectivity index (χ3v) is 10.6. The van der Waals surface area contributed by atoms with Crippen LogP contribution in [0.25, 0.3) is 0 Å². The smallest absolute Gasteiger partial charge is 0.305 e. The van der Waals surface area contributed by atoms with Crippen LogP contribution < -0.4 is 0 Å². The first-order valence-corrected chi connectivity index (χ1v) is 12.6. The zero-order valence-electron chi connectivity index (χ0n) is 19.3. The number of rotatable bonds is 5. The summed E-state index contributed by atoms with van der Waals surface area (Å²) >= 11 is 0. The first-order valence-electron chi connectivity index (χ1n) is 12.6. The van der Waals surface area contributed by atoms with E-state index >= 15 is 0 Å². The summed E-state index contributed by atoms with van der Waals surface area (Å²) in [6, 6.07) is 0. The Labute approximate surface area is 178 Å². The van der Waals surface area contributed by atoms with Crippen LogP contribution in [-0.4, -0.2) is 23.8 Å². The number of esters is 1. The molecule has 4 saturated carbocycles. The van der Waals surface area contributed by atoms with Crippen LogP contribution >= 0.6 is 0 Å². The fourth-order valence-electron chi connectivity index (χ4n) is 8.91. The molecule has 0 aromatic rings. The Kier molecular flexibility index (Phi) is 6.10. The Bertz CT molecular complexity index is 603. The van der Waals surface area contributed by atoms with Gasteiger partial charge in [0.05, 0.1) is 12.7 Å². The normalized spacial score (nSPS) is 47.6. The molecule has 1 N–H and O–H groups in total. The monoisotopic (exact) mass is 404 g/mol. The highest BCUT2D eigenvalue weighted by molar-refractivity contribution is 5.69. The van der Waals surface area contributed by atoms with Crippen molar-refractivity contribution < 1.29 is 14.6 Å². The van der Waals surface area contributed by atoms with Crippen LogP contribution in [0.3, 0.4) is 0 Å². The third-order valence-electron chi connectivity index (χ3n) is 10.6. The van der Waals surface area contributed by atoms with Gasteiger partial charge in [-0.25, -0.2) is 0 Å². The van der Waals surface area contributed by atoms with Crippen LogP contribution in [0.4, 0.5) is 0 Å². The van der Waals surface area contributed by atoms with E-state index in [0.717, 1.165) is 61.2 Å². The lowest BCUT2D eigenvalue weighted by molar-refractivity contribution is -0.141. The van der Waals surface area contributed by atoms with Crippen LogP contribution in [0.2, 0.25) is 0 Å². The number of carbonyl (C=O) groups excluding carboxylic acids is 1. The van der Waals surface area contributed by atoms with Crippen molar-refractivity contribution in [1.82, 2.24) is 0 Å². The fraction of sp³-hybridized carbons (Fsp3) is 0.962. The Hall–Kier alpha value is -0.570. The zero-order chi connectivity index (χ0) is 20.8. The molecule has 0 radical (unpaired) electrons. The molecule has 4 aliphatic rings. The topological polar surface area (TPSA) is 46.5 Å². The van der Waals surface area contributed by atoms with Crippen LogP contribution in [0.5, 0.6) is 0 Å². The number of methoxy groups -OCH3 is 1. The Morgan fingerprint density at radius 2 is 1.83 bits per heavy atom. The molecule has 3 nitrogen and oxygen atoms in total. The Morgan fingerprint density at radius 1 is 1.07 bits per heavy atom. The van der Waals surface area contributed by atoms with E-state index < -0.39 is 0 Å². The summed E-state index contributed by atoms with van der Waals surface area (Å²) in [6.07, 6.45) is 14.1. The minimum Gasteiger partial charge on any atom is -0.469 e. The molecular weight excluding hydrogens is 360 g/mol. The van der Waals surface area contributed by atoms with Crippen molar-refractivity contribution in [2.75, 3.05) is 7.11 Å². The van der Waals surface area contributed by atoms with Gasteiger partial charge in [0.15, 0.2) is 0 Å². The quantitative estimate of drug-likeness (QED) is 0.573. The average Bonchev–Trinajstić information content (AvgIpc) is 3.08. The number of hydrogen-bond acceptors (Lipinski definition) is 3. The molecular formula is C26H44O3. The van der Waals surface area contributed by atoms with Crippen LogP contribution in [0.1, 0.15) is 97.8 Å². The molecule has 4 rings (SSSR count).